The molecule has 0 aliphatic heterocycles. The van der Waals surface area contributed by atoms with Gasteiger partial charge in [-0.3, -0.25) is 25.4 Å². The first-order valence-electron chi connectivity index (χ1n) is 8.70. The molecule has 6 nitrogen and oxygen atoms in total. The van der Waals surface area contributed by atoms with Crippen molar-refractivity contribution in [2.75, 3.05) is 0 Å². The van der Waals surface area contributed by atoms with Crippen molar-refractivity contribution in [3.05, 3.63) is 59.4 Å². The first-order chi connectivity index (χ1) is 12.5. The summed E-state index contributed by atoms with van der Waals surface area (Å²) in [6.07, 6.45) is 3.53. The number of aryl methyl sites for hydroxylation is 1. The molecule has 0 radical (unpaired) electrons. The molecule has 1 aliphatic carbocycles. The van der Waals surface area contributed by atoms with Gasteiger partial charge in [0.1, 0.15) is 5.75 Å². The Morgan fingerprint density at radius 1 is 1.19 bits per heavy atom. The van der Waals surface area contributed by atoms with Crippen molar-refractivity contribution in [2.24, 2.45) is 5.92 Å². The van der Waals surface area contributed by atoms with Gasteiger partial charge in [0.25, 0.3) is 5.91 Å². The third kappa shape index (κ3) is 4.02. The van der Waals surface area contributed by atoms with Crippen LogP contribution in [0.5, 0.6) is 5.75 Å². The molecule has 2 amide bonds. The van der Waals surface area contributed by atoms with Crippen molar-refractivity contribution in [1.82, 2.24) is 15.8 Å². The van der Waals surface area contributed by atoms with Crippen LogP contribution in [0.25, 0.3) is 0 Å². The molecule has 1 aliphatic rings. The number of hydrogen-bond donors (Lipinski definition) is 2. The van der Waals surface area contributed by atoms with Gasteiger partial charge in [0.15, 0.2) is 6.10 Å². The van der Waals surface area contributed by atoms with Crippen LogP contribution < -0.4 is 15.6 Å². The van der Waals surface area contributed by atoms with Gasteiger partial charge in [0.2, 0.25) is 5.91 Å². The van der Waals surface area contributed by atoms with Crippen molar-refractivity contribution in [3.63, 3.8) is 0 Å². The molecular formula is C20H23N3O3. The van der Waals surface area contributed by atoms with E-state index in [4.69, 9.17) is 4.74 Å². The lowest BCUT2D eigenvalue weighted by Crippen LogP contribution is -2.47. The molecule has 1 aromatic heterocycles. The molecule has 0 unspecified atom stereocenters. The molecule has 6 heteroatoms. The predicted octanol–water partition coefficient (Wildman–Crippen LogP) is 2.42. The van der Waals surface area contributed by atoms with Gasteiger partial charge in [0.05, 0.1) is 0 Å². The van der Waals surface area contributed by atoms with Gasteiger partial charge in [-0.25, -0.2) is 0 Å². The highest BCUT2D eigenvalue weighted by Gasteiger charge is 2.44. The number of aromatic nitrogens is 1. The van der Waals surface area contributed by atoms with E-state index >= 15 is 0 Å². The lowest BCUT2D eigenvalue weighted by Gasteiger charge is -2.17. The summed E-state index contributed by atoms with van der Waals surface area (Å²) < 4.78 is 5.71. The number of nitrogens with zero attached hydrogens (tertiary/aromatic N) is 1. The molecule has 2 N–H and O–H groups in total. The number of hydrogen-bond acceptors (Lipinski definition) is 4. The summed E-state index contributed by atoms with van der Waals surface area (Å²) in [5.74, 6) is 0.126. The summed E-state index contributed by atoms with van der Waals surface area (Å²) in [5.41, 5.74) is 8.09. The van der Waals surface area contributed by atoms with E-state index < -0.39 is 12.0 Å². The topological polar surface area (TPSA) is 80.3 Å². The van der Waals surface area contributed by atoms with Crippen LogP contribution in [0.15, 0.2) is 42.7 Å². The molecule has 0 bridgehead atoms. The van der Waals surface area contributed by atoms with E-state index in [0.717, 1.165) is 23.1 Å². The maximum absolute atomic E-state index is 12.2. The third-order valence-electron chi connectivity index (χ3n) is 4.78. The Bertz CT molecular complexity index is 807. The van der Waals surface area contributed by atoms with E-state index in [-0.39, 0.29) is 17.7 Å². The van der Waals surface area contributed by atoms with Crippen molar-refractivity contribution in [2.45, 2.75) is 39.2 Å². The van der Waals surface area contributed by atoms with E-state index in [1.165, 1.54) is 0 Å². The maximum Gasteiger partial charge on any atom is 0.279 e. The Morgan fingerprint density at radius 3 is 2.73 bits per heavy atom. The molecule has 26 heavy (non-hydrogen) atoms. The van der Waals surface area contributed by atoms with Crippen LogP contribution in [-0.4, -0.2) is 22.9 Å². The summed E-state index contributed by atoms with van der Waals surface area (Å²) in [6, 6.07) is 9.52. The smallest absolute Gasteiger partial charge is 0.279 e. The normalized spacial score (nSPS) is 19.3. The SMILES string of the molecule is Cc1cccc(O[C@H](C)C(=O)NNC(=O)[C@@H]2C[C@@H]2c2cccnc2)c1C. The fraction of sp³-hybridized carbons (Fsp3) is 0.350. The lowest BCUT2D eigenvalue weighted by atomic mass is 10.1. The van der Waals surface area contributed by atoms with Crippen molar-refractivity contribution in [1.29, 1.82) is 0 Å². The van der Waals surface area contributed by atoms with Crippen LogP contribution in [0.2, 0.25) is 0 Å². The van der Waals surface area contributed by atoms with Gasteiger partial charge < -0.3 is 4.74 Å². The average Bonchev–Trinajstić information content (AvgIpc) is 3.45. The molecule has 1 aromatic carbocycles. The Labute approximate surface area is 152 Å². The van der Waals surface area contributed by atoms with Crippen LogP contribution in [0.1, 0.15) is 36.0 Å². The molecule has 0 saturated heterocycles. The average molecular weight is 353 g/mol. The minimum atomic E-state index is -0.718. The van der Waals surface area contributed by atoms with Crippen molar-refractivity contribution >= 4 is 11.8 Å². The van der Waals surface area contributed by atoms with Gasteiger partial charge >= 0.3 is 0 Å². The fourth-order valence-corrected chi connectivity index (χ4v) is 2.86. The fourth-order valence-electron chi connectivity index (χ4n) is 2.86. The number of ether oxygens (including phenoxy) is 1. The number of amides is 2. The number of benzene rings is 1. The van der Waals surface area contributed by atoms with Crippen LogP contribution in [0, 0.1) is 19.8 Å². The number of carbonyl (C=O) groups excluding carboxylic acids is 2. The lowest BCUT2D eigenvalue weighted by molar-refractivity contribution is -0.133. The molecule has 136 valence electrons. The van der Waals surface area contributed by atoms with E-state index in [1.807, 2.05) is 44.2 Å². The Kier molecular flexibility index (Phi) is 5.21. The highest BCUT2D eigenvalue weighted by molar-refractivity contribution is 5.87. The first kappa shape index (κ1) is 17.9. The highest BCUT2D eigenvalue weighted by atomic mass is 16.5. The largest absolute Gasteiger partial charge is 0.481 e. The van der Waals surface area contributed by atoms with Crippen LogP contribution in [0.4, 0.5) is 0 Å². The second-order valence-corrected chi connectivity index (χ2v) is 6.67. The molecule has 3 rings (SSSR count). The van der Waals surface area contributed by atoms with Crippen molar-refractivity contribution < 1.29 is 14.3 Å². The van der Waals surface area contributed by atoms with Gasteiger partial charge in [-0.15, -0.1) is 0 Å². The number of carbonyl (C=O) groups is 2. The number of nitrogens with one attached hydrogen (secondary N) is 2. The van der Waals surface area contributed by atoms with E-state index in [0.29, 0.717) is 5.75 Å². The van der Waals surface area contributed by atoms with E-state index in [2.05, 4.69) is 15.8 Å². The zero-order valence-corrected chi connectivity index (χ0v) is 15.2. The van der Waals surface area contributed by atoms with Gasteiger partial charge in [-0.2, -0.15) is 0 Å². The minimum absolute atomic E-state index is 0.130. The molecule has 1 fully saturated rings. The molecule has 1 heterocycles. The minimum Gasteiger partial charge on any atom is -0.481 e. The maximum atomic E-state index is 12.2. The molecule has 3 atom stereocenters. The number of hydrazine groups is 1. The molecular weight excluding hydrogens is 330 g/mol. The predicted molar refractivity (Wildman–Crippen MR) is 97.4 cm³/mol. The third-order valence-corrected chi connectivity index (χ3v) is 4.78. The summed E-state index contributed by atoms with van der Waals surface area (Å²) in [6.45, 7) is 5.59. The Hall–Kier alpha value is -2.89. The zero-order valence-electron chi connectivity index (χ0n) is 15.2. The second kappa shape index (κ2) is 7.56. The van der Waals surface area contributed by atoms with Crippen LogP contribution in [-0.2, 0) is 9.59 Å². The number of rotatable bonds is 5. The van der Waals surface area contributed by atoms with Crippen LogP contribution in [0.3, 0.4) is 0 Å². The molecule has 0 spiro atoms. The second-order valence-electron chi connectivity index (χ2n) is 6.67. The van der Waals surface area contributed by atoms with E-state index in [1.54, 1.807) is 19.3 Å². The first-order valence-corrected chi connectivity index (χ1v) is 8.70. The number of pyridine rings is 1. The Morgan fingerprint density at radius 2 is 2.00 bits per heavy atom. The summed E-state index contributed by atoms with van der Waals surface area (Å²) in [5, 5.41) is 0. The van der Waals surface area contributed by atoms with Gasteiger partial charge in [-0.05, 0) is 61.9 Å². The quantitative estimate of drug-likeness (QED) is 0.809. The standard InChI is InChI=1S/C20H23N3O3/c1-12-6-4-8-18(13(12)2)26-14(3)19(24)22-23-20(25)17-10-16(17)15-7-5-9-21-11-15/h4-9,11,14,16-17H,10H2,1-3H3,(H,22,24)(H,23,25)/t14-,16-,17-/m1/s1. The zero-order chi connectivity index (χ0) is 18.7. The summed E-state index contributed by atoms with van der Waals surface area (Å²) >= 11 is 0. The monoisotopic (exact) mass is 353 g/mol. The Balaban J connectivity index is 1.48. The molecule has 2 aromatic rings. The summed E-state index contributed by atoms with van der Waals surface area (Å²) in [7, 11) is 0. The molecule has 1 saturated carbocycles. The van der Waals surface area contributed by atoms with Crippen LogP contribution >= 0.6 is 0 Å². The van der Waals surface area contributed by atoms with Gasteiger partial charge in [0, 0.05) is 18.3 Å². The van der Waals surface area contributed by atoms with Gasteiger partial charge in [-0.1, -0.05) is 18.2 Å². The summed E-state index contributed by atoms with van der Waals surface area (Å²) in [4.78, 5) is 28.4. The van der Waals surface area contributed by atoms with Crippen molar-refractivity contribution in [3.8, 4) is 5.75 Å². The van der Waals surface area contributed by atoms with E-state index in [9.17, 15) is 9.59 Å². The highest BCUT2D eigenvalue weighted by Crippen LogP contribution is 2.47.